The van der Waals surface area contributed by atoms with Gasteiger partial charge in [-0.1, -0.05) is 40.5 Å². The molecule has 1 aromatic rings. The van der Waals surface area contributed by atoms with E-state index in [0.29, 0.717) is 6.54 Å². The van der Waals surface area contributed by atoms with Gasteiger partial charge in [-0.15, -0.1) is 0 Å². The predicted molar refractivity (Wildman–Crippen MR) is 77.6 cm³/mol. The third-order valence-electron chi connectivity index (χ3n) is 2.23. The molecule has 2 N–H and O–H groups in total. The average molecular weight is 319 g/mol. The predicted octanol–water partition coefficient (Wildman–Crippen LogP) is 3.18. The van der Waals surface area contributed by atoms with Gasteiger partial charge in [0.1, 0.15) is 0 Å². The molecule has 0 spiro atoms. The highest BCUT2D eigenvalue weighted by Crippen LogP contribution is 2.20. The van der Waals surface area contributed by atoms with Crippen LogP contribution in [0.15, 0.2) is 27.7 Å². The van der Waals surface area contributed by atoms with E-state index in [1.807, 2.05) is 18.2 Å². The Morgan fingerprint density at radius 1 is 1.41 bits per heavy atom. The molecular formula is C12H17BrClN3. The third-order valence-corrected chi connectivity index (χ3v) is 3.07. The molecule has 0 aromatic heterocycles. The summed E-state index contributed by atoms with van der Waals surface area (Å²) in [5, 5.41) is 7.17. The number of hydrogen-bond acceptors (Lipinski definition) is 1. The topological polar surface area (TPSA) is 36.4 Å². The van der Waals surface area contributed by atoms with E-state index in [9.17, 15) is 0 Å². The van der Waals surface area contributed by atoms with Gasteiger partial charge in [-0.25, -0.2) is 0 Å². The molecule has 0 radical (unpaired) electrons. The molecule has 17 heavy (non-hydrogen) atoms. The Hall–Kier alpha value is -0.740. The Morgan fingerprint density at radius 2 is 2.18 bits per heavy atom. The number of hydrogen-bond donors (Lipinski definition) is 2. The third kappa shape index (κ3) is 4.96. The summed E-state index contributed by atoms with van der Waals surface area (Å²) < 4.78 is 0.986. The second-order valence-electron chi connectivity index (χ2n) is 3.59. The van der Waals surface area contributed by atoms with E-state index >= 15 is 0 Å². The fourth-order valence-electron chi connectivity index (χ4n) is 1.31. The number of guanidine groups is 1. The van der Waals surface area contributed by atoms with Crippen molar-refractivity contribution in [2.24, 2.45) is 4.99 Å². The quantitative estimate of drug-likeness (QED) is 0.661. The first kappa shape index (κ1) is 14.3. The van der Waals surface area contributed by atoms with Crippen LogP contribution in [0.1, 0.15) is 18.9 Å². The van der Waals surface area contributed by atoms with Crippen LogP contribution in [0.4, 0.5) is 0 Å². The molecule has 1 aromatic carbocycles. The van der Waals surface area contributed by atoms with Crippen molar-refractivity contribution in [2.75, 3.05) is 13.6 Å². The zero-order valence-corrected chi connectivity index (χ0v) is 12.4. The van der Waals surface area contributed by atoms with Crippen LogP contribution in [0.5, 0.6) is 0 Å². The number of nitrogens with one attached hydrogen (secondary N) is 2. The zero-order chi connectivity index (χ0) is 12.7. The highest BCUT2D eigenvalue weighted by Gasteiger charge is 2.02. The molecule has 94 valence electrons. The summed E-state index contributed by atoms with van der Waals surface area (Å²) in [5.74, 6) is 0.797. The first-order chi connectivity index (χ1) is 8.17. The minimum atomic E-state index is 0.662. The molecule has 5 heteroatoms. The van der Waals surface area contributed by atoms with Crippen LogP contribution in [0.3, 0.4) is 0 Å². The van der Waals surface area contributed by atoms with Gasteiger partial charge in [0.05, 0.1) is 0 Å². The monoisotopic (exact) mass is 317 g/mol. The molecule has 0 saturated heterocycles. The van der Waals surface area contributed by atoms with E-state index in [1.54, 1.807) is 7.05 Å². The van der Waals surface area contributed by atoms with Crippen LogP contribution in [-0.2, 0) is 6.54 Å². The van der Waals surface area contributed by atoms with Crippen LogP contribution < -0.4 is 10.6 Å². The van der Waals surface area contributed by atoms with Crippen molar-refractivity contribution in [2.45, 2.75) is 19.9 Å². The molecule has 0 heterocycles. The average Bonchev–Trinajstić information content (AvgIpc) is 2.31. The SMILES string of the molecule is CCCNC(=NC)NCc1ccc(Br)cc1Cl. The first-order valence-corrected chi connectivity index (χ1v) is 6.73. The van der Waals surface area contributed by atoms with Gasteiger partial charge in [0.2, 0.25) is 0 Å². The Morgan fingerprint density at radius 3 is 2.76 bits per heavy atom. The summed E-state index contributed by atoms with van der Waals surface area (Å²) in [4.78, 5) is 4.13. The van der Waals surface area contributed by atoms with Crippen molar-refractivity contribution in [1.82, 2.24) is 10.6 Å². The molecule has 0 aliphatic heterocycles. The normalized spacial score (nSPS) is 11.4. The summed E-state index contributed by atoms with van der Waals surface area (Å²) >= 11 is 9.51. The molecule has 1 rings (SSSR count). The van der Waals surface area contributed by atoms with Crippen LogP contribution in [-0.4, -0.2) is 19.6 Å². The van der Waals surface area contributed by atoms with Gasteiger partial charge in [-0.05, 0) is 24.1 Å². The number of benzene rings is 1. The molecule has 0 aliphatic rings. The molecule has 3 nitrogen and oxygen atoms in total. The van der Waals surface area contributed by atoms with Crippen LogP contribution in [0, 0.1) is 0 Å². The van der Waals surface area contributed by atoms with Gasteiger partial charge in [-0.2, -0.15) is 0 Å². The van der Waals surface area contributed by atoms with Crippen molar-refractivity contribution in [3.63, 3.8) is 0 Å². The first-order valence-electron chi connectivity index (χ1n) is 5.55. The van der Waals surface area contributed by atoms with E-state index in [4.69, 9.17) is 11.6 Å². The number of aliphatic imine (C=N–C) groups is 1. The van der Waals surface area contributed by atoms with E-state index in [2.05, 4.69) is 38.5 Å². The van der Waals surface area contributed by atoms with Crippen molar-refractivity contribution in [3.8, 4) is 0 Å². The summed E-state index contributed by atoms with van der Waals surface area (Å²) in [5.41, 5.74) is 1.05. The second-order valence-corrected chi connectivity index (χ2v) is 4.91. The Bertz CT molecular complexity index is 393. The fourth-order valence-corrected chi connectivity index (χ4v) is 2.05. The van der Waals surface area contributed by atoms with E-state index in [1.165, 1.54) is 0 Å². The number of halogens is 2. The van der Waals surface area contributed by atoms with E-state index in [-0.39, 0.29) is 0 Å². The summed E-state index contributed by atoms with van der Waals surface area (Å²) in [6.45, 7) is 3.69. The second kappa shape index (κ2) is 7.56. The fraction of sp³-hybridized carbons (Fsp3) is 0.417. The summed E-state index contributed by atoms with van der Waals surface area (Å²) in [6.07, 6.45) is 1.07. The van der Waals surface area contributed by atoms with Gasteiger partial charge in [0.25, 0.3) is 0 Å². The van der Waals surface area contributed by atoms with Crippen molar-refractivity contribution < 1.29 is 0 Å². The molecule has 0 bridgehead atoms. The van der Waals surface area contributed by atoms with Gasteiger partial charge in [0.15, 0.2) is 5.96 Å². The lowest BCUT2D eigenvalue weighted by molar-refractivity contribution is 0.781. The number of rotatable bonds is 4. The van der Waals surface area contributed by atoms with Crippen molar-refractivity contribution in [3.05, 3.63) is 33.3 Å². The maximum Gasteiger partial charge on any atom is 0.191 e. The molecule has 0 fully saturated rings. The van der Waals surface area contributed by atoms with Crippen LogP contribution in [0.25, 0.3) is 0 Å². The van der Waals surface area contributed by atoms with Gasteiger partial charge < -0.3 is 10.6 Å². The van der Waals surface area contributed by atoms with Gasteiger partial charge >= 0.3 is 0 Å². The van der Waals surface area contributed by atoms with Gasteiger partial charge in [-0.3, -0.25) is 4.99 Å². The van der Waals surface area contributed by atoms with Crippen molar-refractivity contribution in [1.29, 1.82) is 0 Å². The maximum absolute atomic E-state index is 6.13. The zero-order valence-electron chi connectivity index (χ0n) is 10.1. The number of nitrogens with zero attached hydrogens (tertiary/aromatic N) is 1. The van der Waals surface area contributed by atoms with Crippen LogP contribution in [0.2, 0.25) is 5.02 Å². The van der Waals surface area contributed by atoms with Gasteiger partial charge in [0, 0.05) is 29.6 Å². The van der Waals surface area contributed by atoms with Crippen LogP contribution >= 0.6 is 27.5 Å². The Balaban J connectivity index is 2.54. The molecule has 0 atom stereocenters. The summed E-state index contributed by atoms with van der Waals surface area (Å²) in [7, 11) is 1.76. The lowest BCUT2D eigenvalue weighted by Crippen LogP contribution is -2.37. The lowest BCUT2D eigenvalue weighted by Gasteiger charge is -2.12. The molecular weight excluding hydrogens is 302 g/mol. The highest BCUT2D eigenvalue weighted by molar-refractivity contribution is 9.10. The minimum Gasteiger partial charge on any atom is -0.356 e. The maximum atomic E-state index is 6.13. The highest BCUT2D eigenvalue weighted by atomic mass is 79.9. The Kier molecular flexibility index (Phi) is 6.37. The Labute approximate surface area is 116 Å². The molecule has 0 saturated carbocycles. The smallest absolute Gasteiger partial charge is 0.191 e. The minimum absolute atomic E-state index is 0.662. The van der Waals surface area contributed by atoms with Crippen molar-refractivity contribution >= 4 is 33.5 Å². The molecule has 0 unspecified atom stereocenters. The van der Waals surface area contributed by atoms with E-state index < -0.39 is 0 Å². The van der Waals surface area contributed by atoms with E-state index in [0.717, 1.165) is 34.0 Å². The molecule has 0 aliphatic carbocycles. The largest absolute Gasteiger partial charge is 0.356 e. The summed E-state index contributed by atoms with van der Waals surface area (Å²) in [6, 6.07) is 5.86. The molecule has 0 amide bonds. The standard InChI is InChI=1S/C12H17BrClN3/c1-3-6-16-12(15-2)17-8-9-4-5-10(13)7-11(9)14/h4-5,7H,3,6,8H2,1-2H3,(H2,15,16,17). The lowest BCUT2D eigenvalue weighted by atomic mass is 10.2.